The normalized spacial score (nSPS) is 13.1. The van der Waals surface area contributed by atoms with E-state index in [0.717, 1.165) is 5.56 Å². The Hall–Kier alpha value is -3.61. The zero-order chi connectivity index (χ0) is 22.4. The Morgan fingerprint density at radius 1 is 1.03 bits per heavy atom. The largest absolute Gasteiger partial charge is 0.493 e. The van der Waals surface area contributed by atoms with Crippen molar-refractivity contribution in [2.75, 3.05) is 20.3 Å². The minimum atomic E-state index is -0.510. The lowest BCUT2D eigenvalue weighted by molar-refractivity contribution is -0.137. The van der Waals surface area contributed by atoms with Gasteiger partial charge >= 0.3 is 5.97 Å². The number of carbonyl (C=O) groups excluding carboxylic acids is 3. The van der Waals surface area contributed by atoms with E-state index in [1.165, 1.54) is 11.0 Å². The van der Waals surface area contributed by atoms with E-state index in [1.54, 1.807) is 49.6 Å². The molecule has 0 radical (unpaired) electrons. The highest BCUT2D eigenvalue weighted by atomic mass is 16.5. The van der Waals surface area contributed by atoms with Crippen LogP contribution >= 0.6 is 0 Å². The Labute approximate surface area is 181 Å². The molecule has 0 aromatic heterocycles. The Bertz CT molecular complexity index is 976. The summed E-state index contributed by atoms with van der Waals surface area (Å²) in [7, 11) is 1.55. The minimum Gasteiger partial charge on any atom is -0.493 e. The van der Waals surface area contributed by atoms with Crippen molar-refractivity contribution >= 4 is 23.9 Å². The van der Waals surface area contributed by atoms with Crippen LogP contribution in [0.4, 0.5) is 0 Å². The number of esters is 1. The maximum absolute atomic E-state index is 12.3. The molecule has 0 atom stereocenters. The SMILES string of the molecule is COc1cc(/C=C/C(=O)OCCCN2C(=O)c3ccccc3C2=O)ccc1OC(C)C. The number of imide groups is 1. The van der Waals surface area contributed by atoms with Gasteiger partial charge in [-0.3, -0.25) is 14.5 Å². The summed E-state index contributed by atoms with van der Waals surface area (Å²) < 4.78 is 16.2. The average molecular weight is 423 g/mol. The van der Waals surface area contributed by atoms with Crippen LogP contribution in [0.2, 0.25) is 0 Å². The molecule has 0 N–H and O–H groups in total. The second kappa shape index (κ2) is 9.93. The second-order valence-corrected chi connectivity index (χ2v) is 7.24. The third kappa shape index (κ3) is 5.31. The number of hydrogen-bond donors (Lipinski definition) is 0. The van der Waals surface area contributed by atoms with Crippen LogP contribution in [0.1, 0.15) is 46.5 Å². The van der Waals surface area contributed by atoms with Gasteiger partial charge in [-0.15, -0.1) is 0 Å². The maximum atomic E-state index is 12.3. The standard InChI is InChI=1S/C24H25NO6/c1-16(2)31-20-11-9-17(15-21(20)29-3)10-12-22(26)30-14-6-13-25-23(27)18-7-4-5-8-19(18)24(25)28/h4-5,7-12,15-16H,6,13-14H2,1-3H3/b12-10+. The van der Waals surface area contributed by atoms with Crippen molar-refractivity contribution in [2.24, 2.45) is 0 Å². The molecular formula is C24H25NO6. The lowest BCUT2D eigenvalue weighted by atomic mass is 10.1. The number of benzene rings is 2. The van der Waals surface area contributed by atoms with Crippen LogP contribution in [0.5, 0.6) is 11.5 Å². The summed E-state index contributed by atoms with van der Waals surface area (Å²) in [6.45, 7) is 4.15. The van der Waals surface area contributed by atoms with Crippen LogP contribution in [0.25, 0.3) is 6.08 Å². The van der Waals surface area contributed by atoms with Gasteiger partial charge in [0.1, 0.15) is 0 Å². The lowest BCUT2D eigenvalue weighted by Gasteiger charge is -2.14. The van der Waals surface area contributed by atoms with Gasteiger partial charge in [-0.05, 0) is 56.2 Å². The molecule has 2 aromatic rings. The number of rotatable bonds is 9. The predicted octanol–water partition coefficient (Wildman–Crippen LogP) is 3.73. The molecular weight excluding hydrogens is 398 g/mol. The fraction of sp³-hybridized carbons (Fsp3) is 0.292. The Kier molecular flexibility index (Phi) is 7.07. The van der Waals surface area contributed by atoms with E-state index in [-0.39, 0.29) is 31.1 Å². The summed E-state index contributed by atoms with van der Waals surface area (Å²) in [4.78, 5) is 37.7. The first-order chi connectivity index (χ1) is 14.9. The van der Waals surface area contributed by atoms with Crippen molar-refractivity contribution in [2.45, 2.75) is 26.4 Å². The van der Waals surface area contributed by atoms with Crippen LogP contribution < -0.4 is 9.47 Å². The summed E-state index contributed by atoms with van der Waals surface area (Å²) in [6.07, 6.45) is 3.32. The maximum Gasteiger partial charge on any atom is 0.330 e. The molecule has 1 heterocycles. The van der Waals surface area contributed by atoms with Crippen LogP contribution in [0.3, 0.4) is 0 Å². The van der Waals surface area contributed by atoms with Gasteiger partial charge in [0, 0.05) is 12.6 Å². The second-order valence-electron chi connectivity index (χ2n) is 7.24. The summed E-state index contributed by atoms with van der Waals surface area (Å²) in [5, 5.41) is 0. The van der Waals surface area contributed by atoms with Gasteiger partial charge in [0.05, 0.1) is 30.9 Å². The highest BCUT2D eigenvalue weighted by molar-refractivity contribution is 6.21. The first kappa shape index (κ1) is 22.1. The van der Waals surface area contributed by atoms with Crippen LogP contribution in [0.15, 0.2) is 48.5 Å². The van der Waals surface area contributed by atoms with E-state index in [4.69, 9.17) is 14.2 Å². The van der Waals surface area contributed by atoms with Gasteiger partial charge < -0.3 is 14.2 Å². The molecule has 0 fully saturated rings. The molecule has 7 heteroatoms. The van der Waals surface area contributed by atoms with Crippen molar-refractivity contribution in [3.8, 4) is 11.5 Å². The zero-order valence-corrected chi connectivity index (χ0v) is 17.8. The van der Waals surface area contributed by atoms with Crippen molar-refractivity contribution in [3.05, 3.63) is 65.2 Å². The molecule has 7 nitrogen and oxygen atoms in total. The smallest absolute Gasteiger partial charge is 0.330 e. The monoisotopic (exact) mass is 423 g/mol. The first-order valence-electron chi connectivity index (χ1n) is 10.1. The zero-order valence-electron chi connectivity index (χ0n) is 17.8. The molecule has 31 heavy (non-hydrogen) atoms. The van der Waals surface area contributed by atoms with E-state index in [1.807, 2.05) is 19.9 Å². The van der Waals surface area contributed by atoms with E-state index in [0.29, 0.717) is 29.0 Å². The predicted molar refractivity (Wildman–Crippen MR) is 115 cm³/mol. The van der Waals surface area contributed by atoms with Crippen LogP contribution in [-0.2, 0) is 9.53 Å². The molecule has 0 saturated heterocycles. The molecule has 3 rings (SSSR count). The number of hydrogen-bond acceptors (Lipinski definition) is 6. The molecule has 0 spiro atoms. The Morgan fingerprint density at radius 3 is 2.32 bits per heavy atom. The van der Waals surface area contributed by atoms with Gasteiger partial charge in [-0.2, -0.15) is 0 Å². The number of methoxy groups -OCH3 is 1. The Balaban J connectivity index is 1.47. The van der Waals surface area contributed by atoms with Crippen LogP contribution in [0, 0.1) is 0 Å². The molecule has 2 amide bonds. The number of nitrogens with zero attached hydrogens (tertiary/aromatic N) is 1. The number of amides is 2. The van der Waals surface area contributed by atoms with E-state index < -0.39 is 5.97 Å². The highest BCUT2D eigenvalue weighted by Crippen LogP contribution is 2.29. The summed E-state index contributed by atoms with van der Waals surface area (Å²) in [5.41, 5.74) is 1.58. The lowest BCUT2D eigenvalue weighted by Crippen LogP contribution is -2.31. The van der Waals surface area contributed by atoms with Crippen molar-refractivity contribution in [1.82, 2.24) is 4.90 Å². The molecule has 2 aromatic carbocycles. The van der Waals surface area contributed by atoms with Crippen molar-refractivity contribution in [3.63, 3.8) is 0 Å². The Morgan fingerprint density at radius 2 is 1.71 bits per heavy atom. The highest BCUT2D eigenvalue weighted by Gasteiger charge is 2.34. The molecule has 0 unspecified atom stereocenters. The first-order valence-corrected chi connectivity index (χ1v) is 10.1. The number of fused-ring (bicyclic) bond motifs is 1. The van der Waals surface area contributed by atoms with Crippen LogP contribution in [-0.4, -0.2) is 49.0 Å². The fourth-order valence-electron chi connectivity index (χ4n) is 3.19. The number of carbonyl (C=O) groups is 3. The molecule has 0 aliphatic carbocycles. The van der Waals surface area contributed by atoms with Gasteiger partial charge in [0.2, 0.25) is 0 Å². The summed E-state index contributed by atoms with van der Waals surface area (Å²) in [5.74, 6) is 0.0655. The minimum absolute atomic E-state index is 0.0191. The third-order valence-corrected chi connectivity index (χ3v) is 4.61. The van der Waals surface area contributed by atoms with Gasteiger partial charge in [-0.1, -0.05) is 18.2 Å². The topological polar surface area (TPSA) is 82.1 Å². The molecule has 1 aliphatic rings. The third-order valence-electron chi connectivity index (χ3n) is 4.61. The van der Waals surface area contributed by atoms with Gasteiger partial charge in [0.15, 0.2) is 11.5 Å². The van der Waals surface area contributed by atoms with E-state index in [9.17, 15) is 14.4 Å². The number of ether oxygens (including phenoxy) is 3. The fourth-order valence-corrected chi connectivity index (χ4v) is 3.19. The molecule has 162 valence electrons. The molecule has 0 bridgehead atoms. The van der Waals surface area contributed by atoms with Crippen molar-refractivity contribution in [1.29, 1.82) is 0 Å². The summed E-state index contributed by atoms with van der Waals surface area (Å²) in [6, 6.07) is 12.1. The van der Waals surface area contributed by atoms with Gasteiger partial charge in [0.25, 0.3) is 11.8 Å². The van der Waals surface area contributed by atoms with Gasteiger partial charge in [-0.25, -0.2) is 4.79 Å². The average Bonchev–Trinajstić information content (AvgIpc) is 3.00. The van der Waals surface area contributed by atoms with E-state index in [2.05, 4.69) is 0 Å². The summed E-state index contributed by atoms with van der Waals surface area (Å²) >= 11 is 0. The van der Waals surface area contributed by atoms with E-state index >= 15 is 0 Å². The molecule has 1 aliphatic heterocycles. The molecule has 0 saturated carbocycles. The van der Waals surface area contributed by atoms with Crippen molar-refractivity contribution < 1.29 is 28.6 Å². The quantitative estimate of drug-likeness (QED) is 0.265.